The van der Waals surface area contributed by atoms with E-state index in [1.807, 2.05) is 18.2 Å². The summed E-state index contributed by atoms with van der Waals surface area (Å²) in [6.07, 6.45) is 4.20. The van der Waals surface area contributed by atoms with Crippen LogP contribution in [0.1, 0.15) is 46.6 Å². The lowest BCUT2D eigenvalue weighted by molar-refractivity contribution is 0.0792. The minimum Gasteiger partial charge on any atom is -0.358 e. The van der Waals surface area contributed by atoms with Gasteiger partial charge in [-0.25, -0.2) is 13.1 Å². The van der Waals surface area contributed by atoms with Crippen LogP contribution in [0, 0.1) is 6.92 Å². The molecule has 7 nitrogen and oxygen atoms in total. The van der Waals surface area contributed by atoms with E-state index in [2.05, 4.69) is 20.8 Å². The Bertz CT molecular complexity index is 1220. The van der Waals surface area contributed by atoms with E-state index >= 15 is 0 Å². The van der Waals surface area contributed by atoms with Gasteiger partial charge in [0.15, 0.2) is 0 Å². The molecule has 158 valence electrons. The van der Waals surface area contributed by atoms with Crippen molar-refractivity contribution in [2.24, 2.45) is 0 Å². The number of benzene rings is 1. The average molecular weight is 427 g/mol. The minimum atomic E-state index is -3.74. The van der Waals surface area contributed by atoms with Crippen LogP contribution < -0.4 is 4.72 Å². The number of para-hydroxylation sites is 1. The third-order valence-electron chi connectivity index (χ3n) is 6.32. The Labute approximate surface area is 175 Å². The highest BCUT2D eigenvalue weighted by atomic mass is 32.2. The number of carbonyl (C=O) groups excluding carboxylic acids is 1. The Morgan fingerprint density at radius 2 is 1.93 bits per heavy atom. The van der Waals surface area contributed by atoms with Crippen molar-refractivity contribution in [3.05, 3.63) is 52.8 Å². The SMILES string of the molecule is Cc1[nH]c(S(=O)(=O)N[C@@H]2CCc3c([nH]c4ccccc34)C2)cc1C(=O)N1CCCC1. The molecule has 2 aromatic heterocycles. The fraction of sp³-hybridized carbons (Fsp3) is 0.409. The molecule has 0 saturated carbocycles. The van der Waals surface area contributed by atoms with Crippen LogP contribution in [-0.2, 0) is 22.9 Å². The first-order valence-corrected chi connectivity index (χ1v) is 12.0. The van der Waals surface area contributed by atoms with Gasteiger partial charge in [0.25, 0.3) is 15.9 Å². The van der Waals surface area contributed by atoms with Crippen LogP contribution in [-0.4, -0.2) is 48.3 Å². The number of aryl methyl sites for hydroxylation is 2. The molecule has 1 saturated heterocycles. The quantitative estimate of drug-likeness (QED) is 0.598. The highest BCUT2D eigenvalue weighted by molar-refractivity contribution is 7.89. The van der Waals surface area contributed by atoms with Gasteiger partial charge in [0.05, 0.1) is 5.56 Å². The normalized spacial score (nSPS) is 19.4. The standard InChI is InChI=1S/C22H26N4O3S/c1-14-18(22(27)26-10-4-5-11-26)13-21(23-14)30(28,29)25-15-8-9-17-16-6-2-3-7-19(16)24-20(17)12-15/h2-3,6-7,13,15,23-25H,4-5,8-12H2,1H3/t15-/m1/s1. The number of nitrogens with one attached hydrogen (secondary N) is 3. The molecule has 5 rings (SSSR count). The molecular formula is C22H26N4O3S. The van der Waals surface area contributed by atoms with Gasteiger partial charge in [0.2, 0.25) is 0 Å². The molecule has 1 atom stereocenters. The van der Waals surface area contributed by atoms with Gasteiger partial charge in [0.1, 0.15) is 5.03 Å². The van der Waals surface area contributed by atoms with Crippen LogP contribution >= 0.6 is 0 Å². The first-order chi connectivity index (χ1) is 14.4. The van der Waals surface area contributed by atoms with E-state index in [0.29, 0.717) is 17.7 Å². The second kappa shape index (κ2) is 7.28. The van der Waals surface area contributed by atoms with E-state index in [4.69, 9.17) is 0 Å². The number of H-pyrrole nitrogens is 2. The monoisotopic (exact) mass is 426 g/mol. The predicted octanol–water partition coefficient (Wildman–Crippen LogP) is 2.88. The van der Waals surface area contributed by atoms with E-state index in [9.17, 15) is 13.2 Å². The van der Waals surface area contributed by atoms with Gasteiger partial charge in [-0.05, 0) is 50.3 Å². The van der Waals surface area contributed by atoms with Crippen molar-refractivity contribution >= 4 is 26.8 Å². The van der Waals surface area contributed by atoms with Crippen molar-refractivity contribution < 1.29 is 13.2 Å². The van der Waals surface area contributed by atoms with Crippen LogP contribution in [0.3, 0.4) is 0 Å². The first kappa shape index (κ1) is 19.4. The molecule has 1 fully saturated rings. The molecule has 0 radical (unpaired) electrons. The number of nitrogens with zero attached hydrogens (tertiary/aromatic N) is 1. The van der Waals surface area contributed by atoms with Crippen molar-refractivity contribution in [2.45, 2.75) is 50.1 Å². The molecule has 2 aliphatic rings. The summed E-state index contributed by atoms with van der Waals surface area (Å²) in [5.74, 6) is -0.0944. The van der Waals surface area contributed by atoms with E-state index in [-0.39, 0.29) is 17.0 Å². The Hall–Kier alpha value is -2.58. The number of sulfonamides is 1. The summed E-state index contributed by atoms with van der Waals surface area (Å²) in [5.41, 5.74) is 4.52. The summed E-state index contributed by atoms with van der Waals surface area (Å²) in [6, 6.07) is 9.48. The summed E-state index contributed by atoms with van der Waals surface area (Å²) in [7, 11) is -3.74. The molecule has 1 aromatic carbocycles. The van der Waals surface area contributed by atoms with Crippen molar-refractivity contribution in [3.63, 3.8) is 0 Å². The van der Waals surface area contributed by atoms with Gasteiger partial charge in [-0.1, -0.05) is 18.2 Å². The number of rotatable bonds is 4. The van der Waals surface area contributed by atoms with Gasteiger partial charge in [0, 0.05) is 47.8 Å². The summed E-state index contributed by atoms with van der Waals surface area (Å²) in [4.78, 5) is 20.8. The fourth-order valence-corrected chi connectivity index (χ4v) is 6.08. The molecule has 0 spiro atoms. The molecule has 3 aromatic rings. The second-order valence-corrected chi connectivity index (χ2v) is 10.0. The van der Waals surface area contributed by atoms with Gasteiger partial charge in [-0.3, -0.25) is 4.79 Å². The Kier molecular flexibility index (Phi) is 4.71. The zero-order valence-corrected chi connectivity index (χ0v) is 17.8. The summed E-state index contributed by atoms with van der Waals surface area (Å²) in [6.45, 7) is 3.22. The number of fused-ring (bicyclic) bond motifs is 3. The van der Waals surface area contributed by atoms with E-state index in [0.717, 1.165) is 50.0 Å². The van der Waals surface area contributed by atoms with E-state index in [1.165, 1.54) is 17.0 Å². The number of hydrogen-bond donors (Lipinski definition) is 3. The predicted molar refractivity (Wildman–Crippen MR) is 115 cm³/mol. The molecular weight excluding hydrogens is 400 g/mol. The van der Waals surface area contributed by atoms with Crippen molar-refractivity contribution in [1.82, 2.24) is 19.6 Å². The number of aromatic amines is 2. The molecule has 0 bridgehead atoms. The van der Waals surface area contributed by atoms with Crippen molar-refractivity contribution in [1.29, 1.82) is 0 Å². The fourth-order valence-electron chi connectivity index (χ4n) is 4.75. The van der Waals surface area contributed by atoms with Crippen molar-refractivity contribution in [2.75, 3.05) is 13.1 Å². The molecule has 3 heterocycles. The number of aromatic nitrogens is 2. The number of carbonyl (C=O) groups is 1. The van der Waals surface area contributed by atoms with Crippen LogP contribution in [0.5, 0.6) is 0 Å². The molecule has 1 amide bonds. The maximum Gasteiger partial charge on any atom is 0.256 e. The third kappa shape index (κ3) is 3.33. The molecule has 1 aliphatic carbocycles. The maximum absolute atomic E-state index is 13.0. The summed E-state index contributed by atoms with van der Waals surface area (Å²) < 4.78 is 28.9. The second-order valence-electron chi connectivity index (χ2n) is 8.36. The highest BCUT2D eigenvalue weighted by Gasteiger charge is 2.29. The molecule has 30 heavy (non-hydrogen) atoms. The molecule has 8 heteroatoms. The Morgan fingerprint density at radius 3 is 2.73 bits per heavy atom. The Morgan fingerprint density at radius 1 is 1.17 bits per heavy atom. The van der Waals surface area contributed by atoms with Gasteiger partial charge in [-0.2, -0.15) is 0 Å². The van der Waals surface area contributed by atoms with Gasteiger partial charge < -0.3 is 14.9 Å². The maximum atomic E-state index is 13.0. The zero-order chi connectivity index (χ0) is 20.9. The highest BCUT2D eigenvalue weighted by Crippen LogP contribution is 2.29. The van der Waals surface area contributed by atoms with Crippen LogP contribution in [0.25, 0.3) is 10.9 Å². The lowest BCUT2D eigenvalue weighted by Crippen LogP contribution is -2.38. The lowest BCUT2D eigenvalue weighted by atomic mass is 9.92. The number of amides is 1. The zero-order valence-electron chi connectivity index (χ0n) is 17.0. The van der Waals surface area contributed by atoms with Crippen molar-refractivity contribution in [3.8, 4) is 0 Å². The minimum absolute atomic E-state index is 0.0602. The first-order valence-electron chi connectivity index (χ1n) is 10.5. The smallest absolute Gasteiger partial charge is 0.256 e. The molecule has 0 unspecified atom stereocenters. The number of likely N-dealkylation sites (tertiary alicyclic amines) is 1. The topological polar surface area (TPSA) is 98.1 Å². The van der Waals surface area contributed by atoms with E-state index < -0.39 is 10.0 Å². The third-order valence-corrected chi connectivity index (χ3v) is 7.76. The van der Waals surface area contributed by atoms with Gasteiger partial charge >= 0.3 is 0 Å². The summed E-state index contributed by atoms with van der Waals surface area (Å²) in [5, 5.41) is 1.28. The van der Waals surface area contributed by atoms with Gasteiger partial charge in [-0.15, -0.1) is 0 Å². The van der Waals surface area contributed by atoms with Crippen LogP contribution in [0.4, 0.5) is 0 Å². The average Bonchev–Trinajstić information content (AvgIpc) is 3.45. The Balaban J connectivity index is 1.35. The largest absolute Gasteiger partial charge is 0.358 e. The summed E-state index contributed by atoms with van der Waals surface area (Å²) >= 11 is 0. The molecule has 1 aliphatic heterocycles. The number of hydrogen-bond acceptors (Lipinski definition) is 3. The lowest BCUT2D eigenvalue weighted by Gasteiger charge is -2.23. The van der Waals surface area contributed by atoms with Crippen LogP contribution in [0.2, 0.25) is 0 Å². The molecule has 3 N–H and O–H groups in total. The van der Waals surface area contributed by atoms with Crippen LogP contribution in [0.15, 0.2) is 35.4 Å². The van der Waals surface area contributed by atoms with E-state index in [1.54, 1.807) is 11.8 Å².